The maximum atomic E-state index is 6.29. The number of nitrogens with two attached hydrogens (primary N) is 1. The molecule has 0 aliphatic carbocycles. The van der Waals surface area contributed by atoms with Gasteiger partial charge in [-0.3, -0.25) is 0 Å². The zero-order chi connectivity index (χ0) is 12.3. The van der Waals surface area contributed by atoms with Gasteiger partial charge in [-0.1, -0.05) is 59.3 Å². The van der Waals surface area contributed by atoms with Gasteiger partial charge in [0.25, 0.3) is 0 Å². The summed E-state index contributed by atoms with van der Waals surface area (Å²) in [5.41, 5.74) is 9.92. The first-order valence-electron chi connectivity index (χ1n) is 5.80. The van der Waals surface area contributed by atoms with E-state index in [0.29, 0.717) is 0 Å². The summed E-state index contributed by atoms with van der Waals surface area (Å²) in [6, 6.07) is 16.6. The molecule has 0 saturated heterocycles. The molecule has 17 heavy (non-hydrogen) atoms. The van der Waals surface area contributed by atoms with Crippen molar-refractivity contribution in [2.45, 2.75) is 19.4 Å². The van der Waals surface area contributed by atoms with E-state index >= 15 is 0 Å². The van der Waals surface area contributed by atoms with Crippen LogP contribution in [0.4, 0.5) is 0 Å². The third-order valence-corrected chi connectivity index (χ3v) is 3.42. The Morgan fingerprint density at radius 2 is 1.71 bits per heavy atom. The van der Waals surface area contributed by atoms with Crippen LogP contribution in [0.25, 0.3) is 0 Å². The first-order chi connectivity index (χ1) is 8.20. The van der Waals surface area contributed by atoms with Crippen LogP contribution >= 0.6 is 15.9 Å². The van der Waals surface area contributed by atoms with Crippen molar-refractivity contribution in [2.75, 3.05) is 0 Å². The highest BCUT2D eigenvalue weighted by Gasteiger charge is 2.09. The highest BCUT2D eigenvalue weighted by molar-refractivity contribution is 9.10. The summed E-state index contributed by atoms with van der Waals surface area (Å²) in [4.78, 5) is 0. The normalized spacial score (nSPS) is 12.4. The topological polar surface area (TPSA) is 26.0 Å². The fourth-order valence-electron chi connectivity index (χ4n) is 1.90. The van der Waals surface area contributed by atoms with Crippen LogP contribution in [0.3, 0.4) is 0 Å². The molecule has 1 atom stereocenters. The smallest absolute Gasteiger partial charge is 0.0552 e. The summed E-state index contributed by atoms with van der Waals surface area (Å²) < 4.78 is 1.07. The van der Waals surface area contributed by atoms with E-state index in [1.165, 1.54) is 11.1 Å². The first kappa shape index (κ1) is 12.3. The number of hydrogen-bond acceptors (Lipinski definition) is 1. The predicted octanol–water partition coefficient (Wildman–Crippen LogP) is 4.06. The Morgan fingerprint density at radius 3 is 2.35 bits per heavy atom. The second-order valence-electron chi connectivity index (χ2n) is 4.13. The Balaban J connectivity index is 2.33. The average Bonchev–Trinajstić information content (AvgIpc) is 2.38. The zero-order valence-corrected chi connectivity index (χ0v) is 11.4. The first-order valence-corrected chi connectivity index (χ1v) is 6.60. The summed E-state index contributed by atoms with van der Waals surface area (Å²) in [6.45, 7) is 2.16. The van der Waals surface area contributed by atoms with Gasteiger partial charge in [-0.15, -0.1) is 0 Å². The van der Waals surface area contributed by atoms with E-state index in [9.17, 15) is 0 Å². The van der Waals surface area contributed by atoms with Gasteiger partial charge in [0.2, 0.25) is 0 Å². The Hall–Kier alpha value is -1.12. The lowest BCUT2D eigenvalue weighted by Gasteiger charge is -2.14. The fourth-order valence-corrected chi connectivity index (χ4v) is 2.32. The monoisotopic (exact) mass is 289 g/mol. The molecule has 0 aliphatic heterocycles. The molecule has 2 heteroatoms. The van der Waals surface area contributed by atoms with E-state index in [1.807, 2.05) is 12.1 Å². The van der Waals surface area contributed by atoms with Gasteiger partial charge in [0.15, 0.2) is 0 Å². The number of benzene rings is 2. The van der Waals surface area contributed by atoms with Crippen LogP contribution in [-0.2, 0) is 6.42 Å². The minimum Gasteiger partial charge on any atom is -0.320 e. The Kier molecular flexibility index (Phi) is 3.97. The molecule has 0 amide bonds. The summed E-state index contributed by atoms with van der Waals surface area (Å²) in [6.07, 6.45) is 1.04. The Bertz CT molecular complexity index is 508. The van der Waals surface area contributed by atoms with Crippen LogP contribution in [0.5, 0.6) is 0 Å². The molecule has 1 nitrogen and oxygen atoms in total. The highest BCUT2D eigenvalue weighted by atomic mass is 79.9. The molecule has 0 aromatic heterocycles. The maximum Gasteiger partial charge on any atom is 0.0552 e. The van der Waals surface area contributed by atoms with E-state index in [2.05, 4.69) is 59.3 Å². The van der Waals surface area contributed by atoms with Gasteiger partial charge in [0, 0.05) is 4.47 Å². The summed E-state index contributed by atoms with van der Waals surface area (Å²) in [5.74, 6) is 0. The molecule has 0 bridgehead atoms. The van der Waals surface area contributed by atoms with Gasteiger partial charge in [-0.2, -0.15) is 0 Å². The molecule has 2 aromatic rings. The molecule has 88 valence electrons. The van der Waals surface area contributed by atoms with Gasteiger partial charge >= 0.3 is 0 Å². The molecule has 1 unspecified atom stereocenters. The molecular formula is C15H16BrN. The van der Waals surface area contributed by atoms with Crippen LogP contribution in [0.2, 0.25) is 0 Å². The fraction of sp³-hybridized carbons (Fsp3) is 0.200. The van der Waals surface area contributed by atoms with Gasteiger partial charge < -0.3 is 5.73 Å². The molecule has 0 fully saturated rings. The number of aryl methyl sites for hydroxylation is 1. The maximum absolute atomic E-state index is 6.29. The van der Waals surface area contributed by atoms with E-state index < -0.39 is 0 Å². The van der Waals surface area contributed by atoms with Crippen molar-refractivity contribution >= 4 is 15.9 Å². The molecule has 0 radical (unpaired) electrons. The molecule has 2 aromatic carbocycles. The van der Waals surface area contributed by atoms with Crippen LogP contribution in [-0.4, -0.2) is 0 Å². The van der Waals surface area contributed by atoms with Crippen molar-refractivity contribution in [1.29, 1.82) is 0 Å². The number of rotatable bonds is 3. The van der Waals surface area contributed by atoms with Crippen LogP contribution in [0.15, 0.2) is 53.0 Å². The van der Waals surface area contributed by atoms with Crippen molar-refractivity contribution in [2.24, 2.45) is 5.73 Å². The third kappa shape index (κ3) is 2.96. The summed E-state index contributed by atoms with van der Waals surface area (Å²) in [7, 11) is 0. The lowest BCUT2D eigenvalue weighted by Crippen LogP contribution is -2.11. The van der Waals surface area contributed by atoms with Gasteiger partial charge in [-0.25, -0.2) is 0 Å². The molecule has 2 rings (SSSR count). The van der Waals surface area contributed by atoms with Gasteiger partial charge in [0.05, 0.1) is 6.04 Å². The SMILES string of the molecule is CCc1cccc(C(N)c2cccc(Br)c2)c1. The molecule has 0 aliphatic rings. The lowest BCUT2D eigenvalue weighted by atomic mass is 9.97. The Morgan fingerprint density at radius 1 is 1.06 bits per heavy atom. The second kappa shape index (κ2) is 5.48. The van der Waals surface area contributed by atoms with E-state index in [1.54, 1.807) is 0 Å². The van der Waals surface area contributed by atoms with Crippen molar-refractivity contribution in [1.82, 2.24) is 0 Å². The minimum absolute atomic E-state index is 0.0565. The van der Waals surface area contributed by atoms with Crippen LogP contribution < -0.4 is 5.73 Å². The van der Waals surface area contributed by atoms with Gasteiger partial charge in [0.1, 0.15) is 0 Å². The molecular weight excluding hydrogens is 274 g/mol. The highest BCUT2D eigenvalue weighted by Crippen LogP contribution is 2.23. The number of hydrogen-bond donors (Lipinski definition) is 1. The van der Waals surface area contributed by atoms with Crippen LogP contribution in [0, 0.1) is 0 Å². The number of halogens is 1. The minimum atomic E-state index is -0.0565. The predicted molar refractivity (Wildman–Crippen MR) is 76.0 cm³/mol. The Labute approximate surface area is 111 Å². The van der Waals surface area contributed by atoms with E-state index in [0.717, 1.165) is 16.5 Å². The molecule has 2 N–H and O–H groups in total. The molecule has 0 spiro atoms. The third-order valence-electron chi connectivity index (χ3n) is 2.93. The lowest BCUT2D eigenvalue weighted by molar-refractivity contribution is 0.866. The van der Waals surface area contributed by atoms with Crippen molar-refractivity contribution in [3.63, 3.8) is 0 Å². The summed E-state index contributed by atoms with van der Waals surface area (Å²) >= 11 is 3.48. The quantitative estimate of drug-likeness (QED) is 0.906. The standard InChI is InChI=1S/C15H16BrN/c1-2-11-5-3-6-12(9-11)15(17)13-7-4-8-14(16)10-13/h3-10,15H,2,17H2,1H3. The zero-order valence-electron chi connectivity index (χ0n) is 9.86. The van der Waals surface area contributed by atoms with Crippen molar-refractivity contribution < 1.29 is 0 Å². The van der Waals surface area contributed by atoms with Gasteiger partial charge in [-0.05, 0) is 35.2 Å². The van der Waals surface area contributed by atoms with Crippen LogP contribution in [0.1, 0.15) is 29.7 Å². The second-order valence-corrected chi connectivity index (χ2v) is 5.05. The molecule has 0 heterocycles. The average molecular weight is 290 g/mol. The van der Waals surface area contributed by atoms with E-state index in [-0.39, 0.29) is 6.04 Å². The van der Waals surface area contributed by atoms with Crippen molar-refractivity contribution in [3.8, 4) is 0 Å². The van der Waals surface area contributed by atoms with Crippen molar-refractivity contribution in [3.05, 3.63) is 69.7 Å². The van der Waals surface area contributed by atoms with E-state index in [4.69, 9.17) is 5.73 Å². The molecule has 0 saturated carbocycles. The summed E-state index contributed by atoms with van der Waals surface area (Å²) in [5, 5.41) is 0. The largest absolute Gasteiger partial charge is 0.320 e.